The van der Waals surface area contributed by atoms with Gasteiger partial charge in [-0.05, 0) is 100 Å². The largest absolute Gasteiger partial charge is 0.310 e. The van der Waals surface area contributed by atoms with E-state index >= 15 is 0 Å². The second-order valence-electron chi connectivity index (χ2n) is 11.9. The molecule has 0 N–H and O–H groups in total. The predicted molar refractivity (Wildman–Crippen MR) is 206 cm³/mol. The fraction of sp³-hybridized carbons (Fsp3) is 0. The quantitative estimate of drug-likeness (QED) is 0.157. The Morgan fingerprint density at radius 2 is 0.792 bits per heavy atom. The zero-order valence-corrected chi connectivity index (χ0v) is 26.5. The summed E-state index contributed by atoms with van der Waals surface area (Å²) in [6.45, 7) is 0. The van der Waals surface area contributed by atoms with Gasteiger partial charge >= 0.3 is 0 Å². The van der Waals surface area contributed by atoms with E-state index in [9.17, 15) is 0 Å². The van der Waals surface area contributed by atoms with Crippen molar-refractivity contribution in [2.24, 2.45) is 0 Å². The fourth-order valence-corrected chi connectivity index (χ4v) is 6.51. The first-order valence-electron chi connectivity index (χ1n) is 16.4. The van der Waals surface area contributed by atoms with Crippen molar-refractivity contribution in [3.63, 3.8) is 0 Å². The summed E-state index contributed by atoms with van der Waals surface area (Å²) in [6.07, 6.45) is 4.46. The Balaban J connectivity index is 1.13. The average Bonchev–Trinajstić information content (AvgIpc) is 3.16. The third kappa shape index (κ3) is 5.84. The van der Waals surface area contributed by atoms with Crippen LogP contribution in [0, 0.1) is 0 Å². The van der Waals surface area contributed by atoms with E-state index in [1.54, 1.807) is 0 Å². The highest BCUT2D eigenvalue weighted by molar-refractivity contribution is 6.03. The minimum Gasteiger partial charge on any atom is -0.310 e. The molecule has 0 amide bonds. The van der Waals surface area contributed by atoms with Crippen LogP contribution in [0.1, 0.15) is 11.1 Å². The average molecular weight is 615 g/mol. The first-order chi connectivity index (χ1) is 23.8. The normalized spacial score (nSPS) is 11.2. The Morgan fingerprint density at radius 1 is 0.312 bits per heavy atom. The van der Waals surface area contributed by atoms with Gasteiger partial charge in [-0.1, -0.05) is 133 Å². The van der Waals surface area contributed by atoms with E-state index in [0.717, 1.165) is 34.1 Å². The molecule has 48 heavy (non-hydrogen) atoms. The molecule has 228 valence electrons. The Hall–Kier alpha value is -6.38. The molecule has 8 aromatic carbocycles. The lowest BCUT2D eigenvalue weighted by Gasteiger charge is -2.27. The van der Waals surface area contributed by atoms with Crippen molar-refractivity contribution >= 4 is 67.8 Å². The van der Waals surface area contributed by atoms with Gasteiger partial charge < -0.3 is 9.80 Å². The number of hydrogen-bond donors (Lipinski definition) is 0. The number of para-hydroxylation sites is 4. The number of benzene rings is 8. The molecular formula is C46H34N2. The number of nitrogens with zero attached hydrogens (tertiary/aromatic N) is 2. The van der Waals surface area contributed by atoms with Crippen molar-refractivity contribution in [1.29, 1.82) is 0 Å². The third-order valence-electron chi connectivity index (χ3n) is 8.79. The maximum atomic E-state index is 2.34. The Kier molecular flexibility index (Phi) is 7.96. The van der Waals surface area contributed by atoms with Gasteiger partial charge in [0.1, 0.15) is 0 Å². The molecule has 2 heteroatoms. The highest BCUT2D eigenvalue weighted by atomic mass is 15.1. The smallest absolute Gasteiger partial charge is 0.0540 e. The lowest BCUT2D eigenvalue weighted by atomic mass is 9.99. The van der Waals surface area contributed by atoms with E-state index in [2.05, 4.69) is 216 Å². The van der Waals surface area contributed by atoms with Crippen LogP contribution in [0.3, 0.4) is 0 Å². The van der Waals surface area contributed by atoms with E-state index in [1.807, 2.05) is 0 Å². The van der Waals surface area contributed by atoms with Crippen LogP contribution in [-0.2, 0) is 0 Å². The van der Waals surface area contributed by atoms with Gasteiger partial charge in [-0.3, -0.25) is 0 Å². The summed E-state index contributed by atoms with van der Waals surface area (Å²) in [4.78, 5) is 4.64. The summed E-state index contributed by atoms with van der Waals surface area (Å²) in [5, 5.41) is 4.84. The monoisotopic (exact) mass is 614 g/mol. The van der Waals surface area contributed by atoms with Gasteiger partial charge in [-0.2, -0.15) is 0 Å². The van der Waals surface area contributed by atoms with E-state index in [0.29, 0.717) is 0 Å². The summed E-state index contributed by atoms with van der Waals surface area (Å²) in [5.41, 5.74) is 9.18. The fourth-order valence-electron chi connectivity index (χ4n) is 6.51. The molecule has 0 aliphatic carbocycles. The van der Waals surface area contributed by atoms with Crippen LogP contribution in [0.4, 0.5) is 34.1 Å². The molecule has 0 bridgehead atoms. The van der Waals surface area contributed by atoms with Gasteiger partial charge in [-0.25, -0.2) is 0 Å². The van der Waals surface area contributed by atoms with Crippen LogP contribution in [-0.4, -0.2) is 0 Å². The molecule has 2 nitrogen and oxygen atoms in total. The molecule has 0 heterocycles. The van der Waals surface area contributed by atoms with E-state index < -0.39 is 0 Å². The zero-order chi connectivity index (χ0) is 32.1. The van der Waals surface area contributed by atoms with Crippen LogP contribution in [0.5, 0.6) is 0 Å². The van der Waals surface area contributed by atoms with Gasteiger partial charge in [0.05, 0.1) is 5.69 Å². The number of anilines is 6. The van der Waals surface area contributed by atoms with Crippen molar-refractivity contribution < 1.29 is 0 Å². The Labute approximate surface area is 282 Å². The summed E-state index contributed by atoms with van der Waals surface area (Å²) in [5.74, 6) is 0. The van der Waals surface area contributed by atoms with Gasteiger partial charge in [0, 0.05) is 33.8 Å². The first-order valence-corrected chi connectivity index (χ1v) is 16.4. The minimum absolute atomic E-state index is 1.13. The number of fused-ring (bicyclic) bond motifs is 2. The molecule has 0 spiro atoms. The van der Waals surface area contributed by atoms with Crippen molar-refractivity contribution in [2.45, 2.75) is 0 Å². The topological polar surface area (TPSA) is 6.48 Å². The van der Waals surface area contributed by atoms with Crippen molar-refractivity contribution in [3.05, 3.63) is 205 Å². The molecule has 0 radical (unpaired) electrons. The molecule has 8 aromatic rings. The van der Waals surface area contributed by atoms with Crippen molar-refractivity contribution in [2.75, 3.05) is 9.80 Å². The Bertz CT molecular complexity index is 2250. The molecule has 0 unspecified atom stereocenters. The lowest BCUT2D eigenvalue weighted by Crippen LogP contribution is -2.10. The highest BCUT2D eigenvalue weighted by Crippen LogP contribution is 2.40. The standard InChI is InChI=1S/C46H34N2/c1-5-15-39(16-6-1)47(40-17-7-2-8-18-40)43-31-29-37-33-35(26-28-38(37)34-43)25-27-36-30-32-46(45-24-14-13-23-44(36)45)48(41-19-9-3-10-20-41)42-21-11-4-12-22-42/h1-34H/b27-25+. The van der Waals surface area contributed by atoms with Crippen LogP contribution in [0.15, 0.2) is 194 Å². The molecule has 0 atom stereocenters. The lowest BCUT2D eigenvalue weighted by molar-refractivity contribution is 1.29. The SMILES string of the molecule is C(=C\c1ccc(N(c2ccccc2)c2ccccc2)c2ccccc12)/c1ccc2cc(N(c3ccccc3)c3ccccc3)ccc2c1. The summed E-state index contributed by atoms with van der Waals surface area (Å²) < 4.78 is 0. The maximum Gasteiger partial charge on any atom is 0.0540 e. The second-order valence-corrected chi connectivity index (χ2v) is 11.9. The molecular weight excluding hydrogens is 581 g/mol. The van der Waals surface area contributed by atoms with Crippen LogP contribution in [0.2, 0.25) is 0 Å². The summed E-state index contributed by atoms with van der Waals surface area (Å²) in [6, 6.07) is 68.9. The van der Waals surface area contributed by atoms with Crippen LogP contribution in [0.25, 0.3) is 33.7 Å². The number of rotatable bonds is 8. The maximum absolute atomic E-state index is 2.34. The second kappa shape index (κ2) is 13.2. The van der Waals surface area contributed by atoms with Crippen LogP contribution >= 0.6 is 0 Å². The molecule has 0 aromatic heterocycles. The zero-order valence-electron chi connectivity index (χ0n) is 26.5. The minimum atomic E-state index is 1.13. The predicted octanol–water partition coefficient (Wildman–Crippen LogP) is 13.1. The molecule has 8 rings (SSSR count). The molecule has 0 saturated carbocycles. The first kappa shape index (κ1) is 29.1. The summed E-state index contributed by atoms with van der Waals surface area (Å²) >= 11 is 0. The van der Waals surface area contributed by atoms with Gasteiger partial charge in [-0.15, -0.1) is 0 Å². The molecule has 0 aliphatic heterocycles. The molecule has 0 saturated heterocycles. The summed E-state index contributed by atoms with van der Waals surface area (Å²) in [7, 11) is 0. The highest BCUT2D eigenvalue weighted by Gasteiger charge is 2.16. The van der Waals surface area contributed by atoms with Gasteiger partial charge in [0.25, 0.3) is 0 Å². The molecule has 0 fully saturated rings. The van der Waals surface area contributed by atoms with E-state index in [1.165, 1.54) is 32.7 Å². The third-order valence-corrected chi connectivity index (χ3v) is 8.79. The Morgan fingerprint density at radius 3 is 1.38 bits per heavy atom. The van der Waals surface area contributed by atoms with Crippen molar-refractivity contribution in [3.8, 4) is 0 Å². The molecule has 0 aliphatic rings. The van der Waals surface area contributed by atoms with Gasteiger partial charge in [0.15, 0.2) is 0 Å². The van der Waals surface area contributed by atoms with E-state index in [4.69, 9.17) is 0 Å². The van der Waals surface area contributed by atoms with E-state index in [-0.39, 0.29) is 0 Å². The number of hydrogen-bond acceptors (Lipinski definition) is 2. The van der Waals surface area contributed by atoms with Crippen LogP contribution < -0.4 is 9.80 Å². The van der Waals surface area contributed by atoms with Gasteiger partial charge in [0.2, 0.25) is 0 Å². The van der Waals surface area contributed by atoms with Crippen molar-refractivity contribution in [1.82, 2.24) is 0 Å².